The molecule has 3 heterocycles. The van der Waals surface area contributed by atoms with Crippen molar-refractivity contribution < 1.29 is 32.0 Å². The van der Waals surface area contributed by atoms with Gasteiger partial charge in [-0.25, -0.2) is 12.8 Å². The molecule has 1 amide bonds. The first kappa shape index (κ1) is 27.7. The number of amides is 1. The van der Waals surface area contributed by atoms with Crippen molar-refractivity contribution in [3.05, 3.63) is 69.7 Å². The highest BCUT2D eigenvalue weighted by atomic mass is 32.2. The molecule has 14 heteroatoms. The lowest BCUT2D eigenvalue weighted by atomic mass is 10.2. The van der Waals surface area contributed by atoms with Crippen molar-refractivity contribution in [2.24, 2.45) is 0 Å². The van der Waals surface area contributed by atoms with Crippen LogP contribution in [0.4, 0.5) is 10.1 Å². The van der Waals surface area contributed by atoms with Crippen LogP contribution in [0, 0.1) is 22.9 Å². The number of hydrogen-bond donors (Lipinski definition) is 1. The number of aromatic nitrogens is 2. The van der Waals surface area contributed by atoms with E-state index in [0.29, 0.717) is 19.4 Å². The number of rotatable bonds is 9. The van der Waals surface area contributed by atoms with Gasteiger partial charge in [-0.15, -0.1) is 0 Å². The zero-order valence-corrected chi connectivity index (χ0v) is 22.5. The third-order valence-corrected chi connectivity index (χ3v) is 8.80. The molecule has 1 atom stereocenters. The minimum absolute atomic E-state index is 0.0110. The number of nitrogens with one attached hydrogen (secondary N) is 1. The minimum atomic E-state index is -4.15. The number of carbonyl (C=O) groups excluding carboxylic acids is 1. The molecular weight excluding hydrogens is 545 g/mol. The fraction of sp³-hybridized carbons (Fsp3) is 0.385. The molecule has 0 aliphatic carbocycles. The van der Waals surface area contributed by atoms with Gasteiger partial charge >= 0.3 is 0 Å². The molecule has 3 aromatic rings. The van der Waals surface area contributed by atoms with Gasteiger partial charge in [-0.05, 0) is 56.9 Å². The van der Waals surface area contributed by atoms with Gasteiger partial charge in [0.2, 0.25) is 15.9 Å². The van der Waals surface area contributed by atoms with Crippen LogP contribution >= 0.6 is 0 Å². The normalized spacial score (nSPS) is 17.7. The summed E-state index contributed by atoms with van der Waals surface area (Å²) in [6, 6.07) is 8.71. The highest BCUT2D eigenvalue weighted by Crippen LogP contribution is 2.37. The first-order valence-corrected chi connectivity index (χ1v) is 14.3. The molecule has 0 spiro atoms. The molecule has 5 rings (SSSR count). The van der Waals surface area contributed by atoms with Crippen molar-refractivity contribution in [2.75, 3.05) is 26.2 Å². The van der Waals surface area contributed by atoms with Gasteiger partial charge in [-0.3, -0.25) is 14.9 Å². The second-order valence-electron chi connectivity index (χ2n) is 9.62. The number of hydrogen-bond acceptors (Lipinski definition) is 8. The molecule has 2 aliphatic rings. The number of halogens is 1. The predicted molar refractivity (Wildman–Crippen MR) is 141 cm³/mol. The van der Waals surface area contributed by atoms with Crippen LogP contribution in [0.1, 0.15) is 41.7 Å². The van der Waals surface area contributed by atoms with Crippen LogP contribution < -0.4 is 10.1 Å². The molecule has 2 saturated heterocycles. The van der Waals surface area contributed by atoms with Crippen molar-refractivity contribution in [1.29, 1.82) is 0 Å². The molecule has 212 valence electrons. The van der Waals surface area contributed by atoms with Crippen molar-refractivity contribution in [2.45, 2.75) is 43.6 Å². The second-order valence-corrected chi connectivity index (χ2v) is 11.5. The summed E-state index contributed by atoms with van der Waals surface area (Å²) in [6.45, 7) is 3.03. The maximum absolute atomic E-state index is 14.2. The van der Waals surface area contributed by atoms with Crippen LogP contribution in [0.3, 0.4) is 0 Å². The zero-order valence-electron chi connectivity index (χ0n) is 21.7. The number of non-ortho nitro benzene ring substituents is 1. The quantitative estimate of drug-likeness (QED) is 0.301. The van der Waals surface area contributed by atoms with Gasteiger partial charge in [-0.2, -0.15) is 14.1 Å². The maximum atomic E-state index is 14.2. The van der Waals surface area contributed by atoms with E-state index in [4.69, 9.17) is 9.47 Å². The average molecular weight is 574 g/mol. The van der Waals surface area contributed by atoms with Crippen molar-refractivity contribution in [3.8, 4) is 17.3 Å². The highest BCUT2D eigenvalue weighted by molar-refractivity contribution is 7.89. The van der Waals surface area contributed by atoms with E-state index in [1.54, 1.807) is 13.0 Å². The largest absolute Gasteiger partial charge is 0.437 e. The Balaban J connectivity index is 1.57. The molecule has 12 nitrogen and oxygen atoms in total. The van der Waals surface area contributed by atoms with Crippen LogP contribution in [0.25, 0.3) is 5.69 Å². The molecular formula is C26H28FN5O7S. The van der Waals surface area contributed by atoms with Gasteiger partial charge < -0.3 is 14.8 Å². The van der Waals surface area contributed by atoms with Gasteiger partial charge in [0.15, 0.2) is 5.69 Å². The van der Waals surface area contributed by atoms with E-state index in [1.165, 1.54) is 33.3 Å². The number of nitrogens with zero attached hydrogens (tertiary/aromatic N) is 4. The van der Waals surface area contributed by atoms with E-state index in [9.17, 15) is 27.7 Å². The summed E-state index contributed by atoms with van der Waals surface area (Å²) in [6.07, 6.45) is 2.95. The van der Waals surface area contributed by atoms with Crippen molar-refractivity contribution in [1.82, 2.24) is 19.4 Å². The highest BCUT2D eigenvalue weighted by Gasteiger charge is 2.33. The standard InChI is InChI=1S/C26H28FN5O7S/c1-17-24(25(33)28-16-21-8-5-13-38-21)29-31(19-7-4-6-18(27)14-19)26(17)39-22-10-9-20(32(34)35)15-23(22)40(36,37)30-11-2-3-12-30/h4,6-7,9-10,14-15,21H,2-3,5,8,11-13,16H2,1H3,(H,28,33)/t21-/m1/s1. The fourth-order valence-electron chi connectivity index (χ4n) is 4.76. The smallest absolute Gasteiger partial charge is 0.272 e. The summed E-state index contributed by atoms with van der Waals surface area (Å²) in [5.74, 6) is -1.31. The first-order valence-electron chi connectivity index (χ1n) is 12.9. The first-order chi connectivity index (χ1) is 19.1. The summed E-state index contributed by atoms with van der Waals surface area (Å²) >= 11 is 0. The topological polar surface area (TPSA) is 146 Å². The Labute approximate surface area is 229 Å². The summed E-state index contributed by atoms with van der Waals surface area (Å²) in [4.78, 5) is 23.5. The number of carbonyl (C=O) groups is 1. The summed E-state index contributed by atoms with van der Waals surface area (Å²) < 4.78 is 55.3. The molecule has 0 bridgehead atoms. The Bertz CT molecular complexity index is 1550. The van der Waals surface area contributed by atoms with Gasteiger partial charge in [0, 0.05) is 43.9 Å². The Morgan fingerprint density at radius 2 is 2.00 bits per heavy atom. The molecule has 40 heavy (non-hydrogen) atoms. The zero-order chi connectivity index (χ0) is 28.4. The van der Waals surface area contributed by atoms with Crippen LogP contribution in [0.15, 0.2) is 47.4 Å². The lowest BCUT2D eigenvalue weighted by Gasteiger charge is -2.18. The van der Waals surface area contributed by atoms with E-state index in [-0.39, 0.29) is 59.2 Å². The Morgan fingerprint density at radius 1 is 1.23 bits per heavy atom. The van der Waals surface area contributed by atoms with Gasteiger partial charge in [0.1, 0.15) is 16.5 Å². The van der Waals surface area contributed by atoms with E-state index in [1.807, 2.05) is 0 Å². The average Bonchev–Trinajstić information content (AvgIpc) is 3.71. The van der Waals surface area contributed by atoms with Gasteiger partial charge in [-0.1, -0.05) is 6.07 Å². The maximum Gasteiger partial charge on any atom is 0.272 e. The lowest BCUT2D eigenvalue weighted by molar-refractivity contribution is -0.385. The summed E-state index contributed by atoms with van der Waals surface area (Å²) in [5, 5.41) is 18.7. The molecule has 1 aromatic heterocycles. The number of benzene rings is 2. The fourth-order valence-corrected chi connectivity index (χ4v) is 6.41. The molecule has 2 aromatic carbocycles. The molecule has 2 aliphatic heterocycles. The Hall–Kier alpha value is -3.88. The second kappa shape index (κ2) is 11.3. The van der Waals surface area contributed by atoms with E-state index in [0.717, 1.165) is 25.0 Å². The van der Waals surface area contributed by atoms with E-state index < -0.39 is 32.4 Å². The van der Waals surface area contributed by atoms with E-state index >= 15 is 0 Å². The number of nitro groups is 1. The third-order valence-electron chi connectivity index (χ3n) is 6.88. The van der Waals surface area contributed by atoms with E-state index in [2.05, 4.69) is 10.4 Å². The molecule has 2 fully saturated rings. The van der Waals surface area contributed by atoms with Gasteiger partial charge in [0.25, 0.3) is 11.6 Å². The molecule has 0 radical (unpaired) electrons. The Morgan fingerprint density at radius 3 is 2.67 bits per heavy atom. The van der Waals surface area contributed by atoms with Crippen LogP contribution in [0.5, 0.6) is 11.6 Å². The third kappa shape index (κ3) is 5.55. The monoisotopic (exact) mass is 573 g/mol. The summed E-state index contributed by atoms with van der Waals surface area (Å²) in [7, 11) is -4.15. The Kier molecular flexibility index (Phi) is 7.83. The van der Waals surface area contributed by atoms with Gasteiger partial charge in [0.05, 0.1) is 16.7 Å². The number of sulfonamides is 1. The molecule has 0 unspecified atom stereocenters. The summed E-state index contributed by atoms with van der Waals surface area (Å²) in [5.41, 5.74) is 0.0527. The molecule has 1 N–H and O–H groups in total. The predicted octanol–water partition coefficient (Wildman–Crippen LogP) is 3.71. The molecule has 0 saturated carbocycles. The van der Waals surface area contributed by atoms with Crippen molar-refractivity contribution >= 4 is 21.6 Å². The number of ether oxygens (including phenoxy) is 2. The number of nitro benzene ring substituents is 1. The minimum Gasteiger partial charge on any atom is -0.437 e. The van der Waals surface area contributed by atoms with Crippen LogP contribution in [0.2, 0.25) is 0 Å². The SMILES string of the molecule is Cc1c(C(=O)NC[C@H]2CCCO2)nn(-c2cccc(F)c2)c1Oc1ccc([N+](=O)[O-])cc1S(=O)(=O)N1CCCC1. The van der Waals surface area contributed by atoms with Crippen LogP contribution in [-0.2, 0) is 14.8 Å². The van der Waals surface area contributed by atoms with Crippen molar-refractivity contribution in [3.63, 3.8) is 0 Å². The lowest BCUT2D eigenvalue weighted by Crippen LogP contribution is -2.32. The van der Waals surface area contributed by atoms with Crippen LogP contribution in [-0.4, -0.2) is 65.7 Å².